The zero-order chi connectivity index (χ0) is 20.4. The molecular formula is C21H20ClN5O2. The van der Waals surface area contributed by atoms with E-state index in [2.05, 4.69) is 20.4 Å². The number of halogens is 1. The van der Waals surface area contributed by atoms with Crippen molar-refractivity contribution >= 4 is 34.2 Å². The number of hydrogen-bond acceptors (Lipinski definition) is 5. The first-order valence-electron chi connectivity index (χ1n) is 9.33. The highest BCUT2D eigenvalue weighted by molar-refractivity contribution is 6.30. The number of pyridine rings is 1. The smallest absolute Gasteiger partial charge is 0.224 e. The maximum absolute atomic E-state index is 12.3. The number of hydrogen-bond donors (Lipinski definition) is 1. The van der Waals surface area contributed by atoms with Gasteiger partial charge in [0.15, 0.2) is 17.3 Å². The summed E-state index contributed by atoms with van der Waals surface area (Å²) in [6, 6.07) is 9.41. The van der Waals surface area contributed by atoms with Gasteiger partial charge in [-0.15, -0.1) is 0 Å². The first-order chi connectivity index (χ1) is 14.0. The highest BCUT2D eigenvalue weighted by Gasteiger charge is 2.11. The van der Waals surface area contributed by atoms with Crippen LogP contribution < -0.4 is 5.32 Å². The van der Waals surface area contributed by atoms with Crippen molar-refractivity contribution in [2.45, 2.75) is 32.7 Å². The number of carbonyl (C=O) groups is 1. The lowest BCUT2D eigenvalue weighted by molar-refractivity contribution is -0.116. The Morgan fingerprint density at radius 1 is 1.17 bits per heavy atom. The van der Waals surface area contributed by atoms with Gasteiger partial charge in [0.25, 0.3) is 0 Å². The minimum Gasteiger partial charge on any atom is -0.441 e. The molecule has 0 spiro atoms. The fourth-order valence-corrected chi connectivity index (χ4v) is 3.13. The predicted octanol–water partition coefficient (Wildman–Crippen LogP) is 4.89. The molecule has 1 N–H and O–H groups in total. The van der Waals surface area contributed by atoms with Gasteiger partial charge in [-0.1, -0.05) is 11.6 Å². The average molecular weight is 410 g/mol. The lowest BCUT2D eigenvalue weighted by Gasteiger charge is -2.07. The normalized spacial score (nSPS) is 11.3. The monoisotopic (exact) mass is 409 g/mol. The first-order valence-corrected chi connectivity index (χ1v) is 9.71. The lowest BCUT2D eigenvalue weighted by Crippen LogP contribution is -2.12. The van der Waals surface area contributed by atoms with Gasteiger partial charge in [0.2, 0.25) is 5.91 Å². The molecule has 148 valence electrons. The van der Waals surface area contributed by atoms with E-state index in [1.54, 1.807) is 30.7 Å². The molecule has 0 saturated heterocycles. The summed E-state index contributed by atoms with van der Waals surface area (Å²) in [5, 5.41) is 8.75. The molecule has 1 aromatic carbocycles. The molecule has 0 atom stereocenters. The van der Waals surface area contributed by atoms with Crippen molar-refractivity contribution in [3.63, 3.8) is 0 Å². The Labute approximate surface area is 172 Å². The topological polar surface area (TPSA) is 85.8 Å². The molecule has 29 heavy (non-hydrogen) atoms. The summed E-state index contributed by atoms with van der Waals surface area (Å²) in [6.07, 6.45) is 5.71. The van der Waals surface area contributed by atoms with Crippen LogP contribution in [-0.4, -0.2) is 25.7 Å². The van der Waals surface area contributed by atoms with E-state index in [1.807, 2.05) is 36.7 Å². The fourth-order valence-electron chi connectivity index (χ4n) is 3.00. The van der Waals surface area contributed by atoms with Crippen LogP contribution in [0, 0.1) is 0 Å². The van der Waals surface area contributed by atoms with Gasteiger partial charge in [-0.25, -0.2) is 14.6 Å². The number of anilines is 1. The maximum atomic E-state index is 12.3. The molecule has 3 heterocycles. The van der Waals surface area contributed by atoms with E-state index in [0.29, 0.717) is 28.8 Å². The third-order valence-corrected chi connectivity index (χ3v) is 4.71. The summed E-state index contributed by atoms with van der Waals surface area (Å²) in [5.74, 6) is 1.03. The first kappa shape index (κ1) is 19.1. The van der Waals surface area contributed by atoms with Crippen LogP contribution in [0.3, 0.4) is 0 Å². The van der Waals surface area contributed by atoms with Gasteiger partial charge in [-0.05, 0) is 44.2 Å². The number of nitrogens with zero attached hydrogens (tertiary/aromatic N) is 4. The minimum atomic E-state index is -0.131. The van der Waals surface area contributed by atoms with Crippen LogP contribution in [0.4, 0.5) is 5.69 Å². The van der Waals surface area contributed by atoms with Crippen LogP contribution in [0.15, 0.2) is 53.3 Å². The number of aromatic nitrogens is 4. The molecule has 4 aromatic rings. The highest BCUT2D eigenvalue weighted by Crippen LogP contribution is 2.23. The van der Waals surface area contributed by atoms with Crippen LogP contribution >= 0.6 is 11.6 Å². The highest BCUT2D eigenvalue weighted by atomic mass is 35.5. The Bertz CT molecular complexity index is 1150. The Hall–Kier alpha value is -3.19. The summed E-state index contributed by atoms with van der Waals surface area (Å²) < 4.78 is 7.58. The number of oxazole rings is 1. The van der Waals surface area contributed by atoms with Gasteiger partial charge >= 0.3 is 0 Å². The van der Waals surface area contributed by atoms with E-state index in [4.69, 9.17) is 16.0 Å². The average Bonchev–Trinajstić information content (AvgIpc) is 3.34. The van der Waals surface area contributed by atoms with Crippen molar-refractivity contribution in [2.75, 3.05) is 5.32 Å². The van der Waals surface area contributed by atoms with E-state index in [1.165, 1.54) is 0 Å². The number of amides is 1. The van der Waals surface area contributed by atoms with Crippen molar-refractivity contribution in [3.8, 4) is 11.3 Å². The Morgan fingerprint density at radius 2 is 1.97 bits per heavy atom. The van der Waals surface area contributed by atoms with Crippen LogP contribution in [-0.2, 0) is 11.2 Å². The standard InChI is InChI=1S/C21H20ClN5O2/c1-13(2)27-21-15(10-25-27)9-17(11-24-21)26-19(28)7-8-20-23-12-18(29-20)14-3-5-16(22)6-4-14/h3-6,9-13H,7-8H2,1-2H3,(H,26,28). The van der Waals surface area contributed by atoms with Crippen molar-refractivity contribution < 1.29 is 9.21 Å². The molecule has 7 nitrogen and oxygen atoms in total. The summed E-state index contributed by atoms with van der Waals surface area (Å²) in [5.41, 5.74) is 2.33. The molecule has 0 unspecified atom stereocenters. The molecule has 0 saturated carbocycles. The zero-order valence-corrected chi connectivity index (χ0v) is 16.8. The van der Waals surface area contributed by atoms with Crippen LogP contribution in [0.5, 0.6) is 0 Å². The quantitative estimate of drug-likeness (QED) is 0.490. The predicted molar refractivity (Wildman–Crippen MR) is 112 cm³/mol. The summed E-state index contributed by atoms with van der Waals surface area (Å²) >= 11 is 5.90. The van der Waals surface area contributed by atoms with Crippen molar-refractivity contribution in [3.05, 3.63) is 59.8 Å². The molecule has 1 amide bonds. The zero-order valence-electron chi connectivity index (χ0n) is 16.1. The lowest BCUT2D eigenvalue weighted by atomic mass is 10.2. The molecule has 0 aliphatic carbocycles. The molecule has 0 aliphatic rings. The number of carbonyl (C=O) groups excluding carboxylic acids is 1. The minimum absolute atomic E-state index is 0.131. The third-order valence-electron chi connectivity index (χ3n) is 4.45. The Kier molecular flexibility index (Phi) is 5.31. The van der Waals surface area contributed by atoms with Crippen molar-refractivity contribution in [1.82, 2.24) is 19.7 Å². The largest absolute Gasteiger partial charge is 0.441 e. The molecule has 0 bridgehead atoms. The van der Waals surface area contributed by atoms with Crippen molar-refractivity contribution in [1.29, 1.82) is 0 Å². The number of nitrogens with one attached hydrogen (secondary N) is 1. The van der Waals surface area contributed by atoms with Crippen LogP contribution in [0.2, 0.25) is 5.02 Å². The fraction of sp³-hybridized carbons (Fsp3) is 0.238. The molecule has 0 aliphatic heterocycles. The van der Waals surface area contributed by atoms with Gasteiger partial charge in [0.1, 0.15) is 0 Å². The van der Waals surface area contributed by atoms with Gasteiger partial charge < -0.3 is 9.73 Å². The maximum Gasteiger partial charge on any atom is 0.224 e. The number of aryl methyl sites for hydroxylation is 1. The molecular weight excluding hydrogens is 390 g/mol. The number of rotatable bonds is 6. The van der Waals surface area contributed by atoms with E-state index >= 15 is 0 Å². The second-order valence-corrected chi connectivity index (χ2v) is 7.43. The molecule has 8 heteroatoms. The number of benzene rings is 1. The van der Waals surface area contributed by atoms with Crippen molar-refractivity contribution in [2.24, 2.45) is 0 Å². The third kappa shape index (κ3) is 4.30. The molecule has 0 fully saturated rings. The second-order valence-electron chi connectivity index (χ2n) is 6.99. The van der Waals surface area contributed by atoms with Crippen LogP contribution in [0.1, 0.15) is 32.2 Å². The van der Waals surface area contributed by atoms with Crippen LogP contribution in [0.25, 0.3) is 22.4 Å². The Balaban J connectivity index is 1.37. The summed E-state index contributed by atoms with van der Waals surface area (Å²) in [4.78, 5) is 21.0. The Morgan fingerprint density at radius 3 is 2.72 bits per heavy atom. The summed E-state index contributed by atoms with van der Waals surface area (Å²) in [7, 11) is 0. The van der Waals surface area contributed by atoms with Gasteiger partial charge in [0.05, 0.1) is 24.3 Å². The van der Waals surface area contributed by atoms with E-state index < -0.39 is 0 Å². The summed E-state index contributed by atoms with van der Waals surface area (Å²) in [6.45, 7) is 4.09. The SMILES string of the molecule is CC(C)n1ncc2cc(NC(=O)CCc3ncc(-c4ccc(Cl)cc4)o3)cnc21. The number of fused-ring (bicyclic) bond motifs is 1. The molecule has 0 radical (unpaired) electrons. The van der Waals surface area contributed by atoms with E-state index in [0.717, 1.165) is 16.6 Å². The molecule has 3 aromatic heterocycles. The van der Waals surface area contributed by atoms with Gasteiger partial charge in [-0.2, -0.15) is 5.10 Å². The van der Waals surface area contributed by atoms with E-state index in [-0.39, 0.29) is 18.4 Å². The second kappa shape index (κ2) is 8.05. The van der Waals surface area contributed by atoms with Gasteiger partial charge in [0, 0.05) is 34.9 Å². The van der Waals surface area contributed by atoms with Gasteiger partial charge in [-0.3, -0.25) is 4.79 Å². The van der Waals surface area contributed by atoms with E-state index in [9.17, 15) is 4.79 Å². The molecule has 4 rings (SSSR count).